The van der Waals surface area contributed by atoms with E-state index in [0.29, 0.717) is 18.7 Å². The molecule has 15 heteroatoms. The predicted molar refractivity (Wildman–Crippen MR) is 136 cm³/mol. The zero-order valence-corrected chi connectivity index (χ0v) is 22.9. The van der Waals surface area contributed by atoms with E-state index in [1.54, 1.807) is 25.8 Å². The van der Waals surface area contributed by atoms with E-state index < -0.39 is 22.2 Å². The summed E-state index contributed by atoms with van der Waals surface area (Å²) in [5.74, 6) is -1.56. The summed E-state index contributed by atoms with van der Waals surface area (Å²) in [5.41, 5.74) is 2.56. The number of alkyl halides is 3. The van der Waals surface area contributed by atoms with Crippen molar-refractivity contribution in [3.63, 3.8) is 0 Å². The maximum atomic E-state index is 12.7. The topological polar surface area (TPSA) is 145 Å². The molecular formula is C24H32F3N5O6S. The van der Waals surface area contributed by atoms with Gasteiger partial charge in [0.2, 0.25) is 15.9 Å². The number of carbonyl (C=O) groups excluding carboxylic acids is 1. The molecule has 3 rings (SSSR count). The van der Waals surface area contributed by atoms with E-state index in [1.807, 2.05) is 12.1 Å². The van der Waals surface area contributed by atoms with Crippen molar-refractivity contribution in [3.8, 4) is 0 Å². The standard InChI is InChI=1S/C22H31N5O4S.C2HF3O2/c1-16-21(17(2)31-25-16)32(29,30)27(4)14-5-6-20(28)26(3)15-11-18-7-9-19(10-8-18)22-23-12-13-24-22;3-2(4,5)1(6)7/h7-10H,5-6,11-15H2,1-4H3,(H,23,24);(H,6,7). The van der Waals surface area contributed by atoms with Crippen LogP contribution in [0.5, 0.6) is 0 Å². The lowest BCUT2D eigenvalue weighted by Crippen LogP contribution is -2.31. The molecule has 2 N–H and O–H groups in total. The number of benzene rings is 1. The third kappa shape index (κ3) is 9.06. The van der Waals surface area contributed by atoms with Gasteiger partial charge in [-0.1, -0.05) is 29.4 Å². The number of amides is 1. The Bertz CT molecular complexity index is 1260. The number of hydrogen-bond acceptors (Lipinski definition) is 8. The Morgan fingerprint density at radius 1 is 1.13 bits per heavy atom. The number of amidine groups is 1. The molecule has 0 spiro atoms. The monoisotopic (exact) mass is 575 g/mol. The predicted octanol–water partition coefficient (Wildman–Crippen LogP) is 2.38. The molecule has 1 aromatic heterocycles. The molecule has 1 aliphatic rings. The average Bonchev–Trinajstić information content (AvgIpc) is 3.52. The van der Waals surface area contributed by atoms with Crippen LogP contribution in [0, 0.1) is 13.8 Å². The Morgan fingerprint density at radius 2 is 1.74 bits per heavy atom. The normalized spacial score (nSPS) is 13.4. The van der Waals surface area contributed by atoms with Crippen LogP contribution in [0.2, 0.25) is 0 Å². The van der Waals surface area contributed by atoms with Gasteiger partial charge in [-0.15, -0.1) is 0 Å². The number of nitrogens with one attached hydrogen (secondary N) is 1. The van der Waals surface area contributed by atoms with Crippen LogP contribution >= 0.6 is 0 Å². The Balaban J connectivity index is 0.000000673. The number of aryl methyl sites for hydroxylation is 2. The van der Waals surface area contributed by atoms with Crippen LogP contribution in [0.15, 0.2) is 38.7 Å². The molecule has 0 bridgehead atoms. The van der Waals surface area contributed by atoms with Gasteiger partial charge in [0, 0.05) is 45.7 Å². The number of halogens is 3. The van der Waals surface area contributed by atoms with Crippen molar-refractivity contribution in [2.24, 2.45) is 4.99 Å². The van der Waals surface area contributed by atoms with Gasteiger partial charge in [0.25, 0.3) is 0 Å². The van der Waals surface area contributed by atoms with E-state index in [1.165, 1.54) is 11.4 Å². The van der Waals surface area contributed by atoms with Crippen LogP contribution in [0.1, 0.15) is 35.4 Å². The molecule has 0 radical (unpaired) electrons. The van der Waals surface area contributed by atoms with E-state index in [0.717, 1.165) is 36.5 Å². The quantitative estimate of drug-likeness (QED) is 0.439. The fourth-order valence-corrected chi connectivity index (χ4v) is 5.10. The largest absolute Gasteiger partial charge is 0.490 e. The average molecular weight is 576 g/mol. The molecule has 39 heavy (non-hydrogen) atoms. The molecule has 2 heterocycles. The lowest BCUT2D eigenvalue weighted by molar-refractivity contribution is -0.192. The lowest BCUT2D eigenvalue weighted by atomic mass is 10.1. The van der Waals surface area contributed by atoms with Gasteiger partial charge >= 0.3 is 12.1 Å². The molecule has 1 aliphatic heterocycles. The highest BCUT2D eigenvalue weighted by molar-refractivity contribution is 7.89. The van der Waals surface area contributed by atoms with Crippen LogP contribution in [0.3, 0.4) is 0 Å². The number of carbonyl (C=O) groups is 2. The highest BCUT2D eigenvalue weighted by Crippen LogP contribution is 2.22. The van der Waals surface area contributed by atoms with Crippen molar-refractivity contribution in [1.82, 2.24) is 19.7 Å². The fraction of sp³-hybridized carbons (Fsp3) is 0.500. The summed E-state index contributed by atoms with van der Waals surface area (Å²) in [5, 5.41) is 14.1. The zero-order chi connectivity index (χ0) is 29.4. The van der Waals surface area contributed by atoms with Gasteiger partial charge in [-0.3, -0.25) is 9.79 Å². The van der Waals surface area contributed by atoms with Gasteiger partial charge in [0.1, 0.15) is 16.4 Å². The molecule has 2 aromatic rings. The maximum Gasteiger partial charge on any atom is 0.490 e. The van der Waals surface area contributed by atoms with E-state index >= 15 is 0 Å². The Hall–Kier alpha value is -3.46. The molecule has 11 nitrogen and oxygen atoms in total. The van der Waals surface area contributed by atoms with Crippen molar-refractivity contribution in [2.45, 2.75) is 44.2 Å². The van der Waals surface area contributed by atoms with E-state index in [4.69, 9.17) is 14.4 Å². The van der Waals surface area contributed by atoms with Gasteiger partial charge in [-0.25, -0.2) is 17.5 Å². The first kappa shape index (κ1) is 31.8. The maximum absolute atomic E-state index is 12.7. The smallest absolute Gasteiger partial charge is 0.475 e. The second kappa shape index (κ2) is 13.6. The summed E-state index contributed by atoms with van der Waals surface area (Å²) in [6, 6.07) is 8.21. The number of aromatic nitrogens is 1. The number of likely N-dealkylation sites (N-methyl/N-ethyl adjacent to an activating group) is 1. The van der Waals surface area contributed by atoms with Gasteiger partial charge in [-0.2, -0.15) is 13.2 Å². The Morgan fingerprint density at radius 3 is 2.23 bits per heavy atom. The first-order valence-electron chi connectivity index (χ1n) is 12.0. The van der Waals surface area contributed by atoms with Crippen LogP contribution in [0.4, 0.5) is 13.2 Å². The van der Waals surface area contributed by atoms with Crippen LogP contribution in [-0.2, 0) is 26.0 Å². The molecule has 0 atom stereocenters. The summed E-state index contributed by atoms with van der Waals surface area (Å²) < 4.78 is 63.4. The Kier molecular flexibility index (Phi) is 11.0. The minimum absolute atomic E-state index is 0.00531. The van der Waals surface area contributed by atoms with Crippen molar-refractivity contribution in [1.29, 1.82) is 0 Å². The SMILES string of the molecule is Cc1noc(C)c1S(=O)(=O)N(C)CCCC(=O)N(C)CCc1ccc(C2=NCCN2)cc1.O=C(O)C(F)(F)F. The third-order valence-corrected chi connectivity index (χ3v) is 7.91. The summed E-state index contributed by atoms with van der Waals surface area (Å²) in [6.45, 7) is 5.71. The molecule has 1 amide bonds. The molecule has 0 aliphatic carbocycles. The number of aliphatic imine (C=N–C) groups is 1. The van der Waals surface area contributed by atoms with Crippen molar-refractivity contribution in [2.75, 3.05) is 40.3 Å². The van der Waals surface area contributed by atoms with Crippen LogP contribution in [0.25, 0.3) is 0 Å². The zero-order valence-electron chi connectivity index (χ0n) is 22.1. The summed E-state index contributed by atoms with van der Waals surface area (Å²) in [7, 11) is -0.410. The number of carboxylic acids is 1. The highest BCUT2D eigenvalue weighted by atomic mass is 32.2. The Labute approximate surface area is 224 Å². The van der Waals surface area contributed by atoms with Gasteiger partial charge in [-0.05, 0) is 32.3 Å². The molecule has 1 aromatic carbocycles. The van der Waals surface area contributed by atoms with Crippen molar-refractivity contribution < 1.29 is 40.8 Å². The first-order chi connectivity index (χ1) is 18.1. The van der Waals surface area contributed by atoms with E-state index in [-0.39, 0.29) is 29.5 Å². The number of rotatable bonds is 10. The van der Waals surface area contributed by atoms with Gasteiger partial charge < -0.3 is 19.8 Å². The van der Waals surface area contributed by atoms with Crippen LogP contribution in [-0.4, -0.2) is 92.0 Å². The second-order valence-electron chi connectivity index (χ2n) is 8.81. The lowest BCUT2D eigenvalue weighted by Gasteiger charge is -2.19. The molecule has 0 saturated carbocycles. The van der Waals surface area contributed by atoms with E-state index in [2.05, 4.69) is 27.6 Å². The van der Waals surface area contributed by atoms with Crippen molar-refractivity contribution >= 4 is 27.7 Å². The third-order valence-electron chi connectivity index (χ3n) is 5.81. The molecule has 0 saturated heterocycles. The fourth-order valence-electron chi connectivity index (χ4n) is 3.60. The van der Waals surface area contributed by atoms with E-state index in [9.17, 15) is 26.4 Å². The molecule has 216 valence electrons. The highest BCUT2D eigenvalue weighted by Gasteiger charge is 2.38. The van der Waals surface area contributed by atoms with Gasteiger partial charge in [0.05, 0.1) is 6.54 Å². The number of carboxylic acid groups (broad SMARTS) is 1. The summed E-state index contributed by atoms with van der Waals surface area (Å²) in [4.78, 5) is 27.6. The summed E-state index contributed by atoms with van der Waals surface area (Å²) >= 11 is 0. The second-order valence-corrected chi connectivity index (χ2v) is 10.8. The number of nitrogens with zero attached hydrogens (tertiary/aromatic N) is 4. The first-order valence-corrected chi connectivity index (χ1v) is 13.4. The number of aliphatic carboxylic acids is 1. The molecule has 0 unspecified atom stereocenters. The van der Waals surface area contributed by atoms with Gasteiger partial charge in [0.15, 0.2) is 5.76 Å². The minimum Gasteiger partial charge on any atom is -0.475 e. The number of sulfonamides is 1. The minimum atomic E-state index is -5.08. The van der Waals surface area contributed by atoms with Crippen LogP contribution < -0.4 is 5.32 Å². The molecular weight excluding hydrogens is 543 g/mol. The van der Waals surface area contributed by atoms with Crippen molar-refractivity contribution in [3.05, 3.63) is 46.8 Å². The summed E-state index contributed by atoms with van der Waals surface area (Å²) in [6.07, 6.45) is -3.61. The molecule has 0 fully saturated rings. The number of hydrogen-bond donors (Lipinski definition) is 2.